The molecule has 7 heteroatoms. The number of anilines is 1. The highest BCUT2D eigenvalue weighted by molar-refractivity contribution is 6.24. The van der Waals surface area contributed by atoms with Gasteiger partial charge in [0.25, 0.3) is 0 Å². The van der Waals surface area contributed by atoms with E-state index in [1.165, 1.54) is 4.90 Å². The van der Waals surface area contributed by atoms with E-state index in [0.717, 1.165) is 11.1 Å². The Morgan fingerprint density at radius 1 is 0.853 bits per heavy atom. The third-order valence-electron chi connectivity index (χ3n) is 6.95. The Hall–Kier alpha value is -4.26. The van der Waals surface area contributed by atoms with Crippen LogP contribution in [0.1, 0.15) is 27.5 Å². The van der Waals surface area contributed by atoms with E-state index in [4.69, 9.17) is 4.74 Å². The monoisotopic (exact) mass is 451 g/mol. The highest BCUT2D eigenvalue weighted by atomic mass is 16.5. The smallest absolute Gasteiger partial charge is 0.240 e. The van der Waals surface area contributed by atoms with Crippen molar-refractivity contribution in [1.29, 1.82) is 0 Å². The second-order valence-electron chi connectivity index (χ2n) is 8.63. The predicted octanol–water partition coefficient (Wildman–Crippen LogP) is 3.46. The summed E-state index contributed by atoms with van der Waals surface area (Å²) in [6.45, 7) is 0. The van der Waals surface area contributed by atoms with Crippen molar-refractivity contribution >= 4 is 29.5 Å². The summed E-state index contributed by atoms with van der Waals surface area (Å²) in [5.74, 6) is -1.82. The lowest BCUT2D eigenvalue weighted by atomic mass is 9.83. The molecule has 0 N–H and O–H groups in total. The first-order chi connectivity index (χ1) is 16.6. The summed E-state index contributed by atoms with van der Waals surface area (Å²) < 4.78 is 5.21. The molecule has 3 aliphatic heterocycles. The Kier molecular flexibility index (Phi) is 4.58. The van der Waals surface area contributed by atoms with Gasteiger partial charge in [-0.25, -0.2) is 4.90 Å². The van der Waals surface area contributed by atoms with Crippen LogP contribution in [-0.4, -0.2) is 42.0 Å². The third kappa shape index (κ3) is 2.83. The van der Waals surface area contributed by atoms with Gasteiger partial charge in [-0.1, -0.05) is 42.5 Å². The van der Waals surface area contributed by atoms with E-state index in [0.29, 0.717) is 17.0 Å². The summed E-state index contributed by atoms with van der Waals surface area (Å²) in [5.41, 5.74) is 2.74. The number of hydrazone groups is 1. The minimum Gasteiger partial charge on any atom is -0.497 e. The zero-order chi connectivity index (χ0) is 23.4. The van der Waals surface area contributed by atoms with Crippen molar-refractivity contribution in [3.63, 3.8) is 0 Å². The van der Waals surface area contributed by atoms with Crippen molar-refractivity contribution in [2.45, 2.75) is 12.1 Å². The predicted molar refractivity (Wildman–Crippen MR) is 126 cm³/mol. The molecule has 0 bridgehead atoms. The van der Waals surface area contributed by atoms with E-state index in [2.05, 4.69) is 5.10 Å². The Morgan fingerprint density at radius 2 is 1.53 bits per heavy atom. The number of nitrogens with zero attached hydrogens (tertiary/aromatic N) is 3. The van der Waals surface area contributed by atoms with Crippen LogP contribution < -0.4 is 9.64 Å². The van der Waals surface area contributed by atoms with Crippen LogP contribution in [-0.2, 0) is 9.59 Å². The third-order valence-corrected chi connectivity index (χ3v) is 6.95. The lowest BCUT2D eigenvalue weighted by molar-refractivity contribution is -0.124. The molecule has 0 aromatic heterocycles. The van der Waals surface area contributed by atoms with Gasteiger partial charge in [-0.15, -0.1) is 0 Å². The number of Topliss-reactive ketones (excluding diaryl/α,β-unsaturated/α-hetero) is 1. The summed E-state index contributed by atoms with van der Waals surface area (Å²) in [7, 11) is 1.56. The normalized spacial score (nSPS) is 24.6. The average Bonchev–Trinajstić information content (AvgIpc) is 3.36. The number of hydrogen-bond donors (Lipinski definition) is 0. The number of fused-ring (bicyclic) bond motifs is 5. The van der Waals surface area contributed by atoms with E-state index in [-0.39, 0.29) is 17.6 Å². The fourth-order valence-electron chi connectivity index (χ4n) is 5.43. The van der Waals surface area contributed by atoms with Crippen LogP contribution in [0, 0.1) is 11.8 Å². The first-order valence-corrected chi connectivity index (χ1v) is 11.1. The molecular weight excluding hydrogens is 430 g/mol. The molecule has 0 aliphatic carbocycles. The lowest BCUT2D eigenvalue weighted by Crippen LogP contribution is -2.44. The van der Waals surface area contributed by atoms with Crippen LogP contribution in [0.4, 0.5) is 5.69 Å². The van der Waals surface area contributed by atoms with Crippen LogP contribution in [0.5, 0.6) is 5.75 Å². The number of ether oxygens (including phenoxy) is 1. The first kappa shape index (κ1) is 20.4. The standard InChI is InChI=1S/C27H21N3O4/c1-34-19-13-11-16(12-14-19)25(31)24-22-21(23-20-10-6-5-7-17(20)15-28-30(23)24)26(32)29(27(22)33)18-8-3-2-4-9-18/h2-15,21-24H,1H3/t21-,22+,23?,24-/m1/s1. The van der Waals surface area contributed by atoms with Gasteiger partial charge < -0.3 is 4.74 Å². The van der Waals surface area contributed by atoms with Gasteiger partial charge in [0, 0.05) is 5.56 Å². The molecule has 1 unspecified atom stereocenters. The molecule has 2 saturated heterocycles. The number of ketones is 1. The molecule has 0 saturated carbocycles. The topological polar surface area (TPSA) is 79.3 Å². The van der Waals surface area contributed by atoms with E-state index >= 15 is 0 Å². The van der Waals surface area contributed by atoms with Crippen molar-refractivity contribution < 1.29 is 19.1 Å². The second kappa shape index (κ2) is 7.66. The van der Waals surface area contributed by atoms with Crippen molar-refractivity contribution in [3.05, 3.63) is 95.6 Å². The van der Waals surface area contributed by atoms with E-state index in [1.807, 2.05) is 30.3 Å². The Labute approximate surface area is 196 Å². The number of carbonyl (C=O) groups is 3. The minimum absolute atomic E-state index is 0.243. The van der Waals surface area contributed by atoms with Gasteiger partial charge in [0.15, 0.2) is 5.78 Å². The number of amides is 2. The van der Waals surface area contributed by atoms with Crippen LogP contribution in [0.25, 0.3) is 0 Å². The minimum atomic E-state index is -0.891. The molecule has 0 radical (unpaired) electrons. The zero-order valence-electron chi connectivity index (χ0n) is 18.4. The lowest BCUT2D eigenvalue weighted by Gasteiger charge is -2.33. The molecule has 4 atom stereocenters. The number of para-hydroxylation sites is 1. The quantitative estimate of drug-likeness (QED) is 0.448. The zero-order valence-corrected chi connectivity index (χ0v) is 18.4. The van der Waals surface area contributed by atoms with Crippen molar-refractivity contribution in [2.24, 2.45) is 16.9 Å². The van der Waals surface area contributed by atoms with Crippen LogP contribution in [0.15, 0.2) is 84.0 Å². The molecule has 3 aromatic rings. The number of imide groups is 1. The highest BCUT2D eigenvalue weighted by Crippen LogP contribution is 2.53. The maximum absolute atomic E-state index is 13.8. The molecular formula is C27H21N3O4. The van der Waals surface area contributed by atoms with Crippen molar-refractivity contribution in [1.82, 2.24) is 5.01 Å². The number of hydrogen-bond acceptors (Lipinski definition) is 6. The Bertz CT molecular complexity index is 1340. The molecule has 168 valence electrons. The Balaban J connectivity index is 1.48. The van der Waals surface area contributed by atoms with E-state index in [9.17, 15) is 14.4 Å². The maximum Gasteiger partial charge on any atom is 0.240 e. The molecule has 3 aliphatic rings. The fourth-order valence-corrected chi connectivity index (χ4v) is 5.43. The molecule has 34 heavy (non-hydrogen) atoms. The number of benzene rings is 3. The largest absolute Gasteiger partial charge is 0.497 e. The molecule has 7 nitrogen and oxygen atoms in total. The summed E-state index contributed by atoms with van der Waals surface area (Å²) >= 11 is 0. The first-order valence-electron chi connectivity index (χ1n) is 11.1. The summed E-state index contributed by atoms with van der Waals surface area (Å²) in [6.07, 6.45) is 1.70. The van der Waals surface area contributed by atoms with Gasteiger partial charge in [-0.2, -0.15) is 5.10 Å². The SMILES string of the molecule is COc1ccc(C(=O)[C@H]2[C@H]3C(=O)N(c4ccccc4)C(=O)[C@H]3C3c4ccccc4C=NN32)cc1. The van der Waals surface area contributed by atoms with Gasteiger partial charge >= 0.3 is 0 Å². The molecule has 6 rings (SSSR count). The van der Waals surface area contributed by atoms with Gasteiger partial charge in [0.2, 0.25) is 11.8 Å². The van der Waals surface area contributed by atoms with Crippen LogP contribution in [0.2, 0.25) is 0 Å². The van der Waals surface area contributed by atoms with Crippen molar-refractivity contribution in [3.8, 4) is 5.75 Å². The number of methoxy groups -OCH3 is 1. The van der Waals surface area contributed by atoms with Crippen LogP contribution >= 0.6 is 0 Å². The summed E-state index contributed by atoms with van der Waals surface area (Å²) in [5, 5.41) is 6.25. The van der Waals surface area contributed by atoms with E-state index < -0.39 is 23.9 Å². The van der Waals surface area contributed by atoms with Crippen molar-refractivity contribution in [2.75, 3.05) is 12.0 Å². The Morgan fingerprint density at radius 3 is 2.26 bits per heavy atom. The average molecular weight is 451 g/mol. The van der Waals surface area contributed by atoms with Gasteiger partial charge in [-0.3, -0.25) is 19.4 Å². The number of carbonyl (C=O) groups excluding carboxylic acids is 3. The maximum atomic E-state index is 13.8. The highest BCUT2D eigenvalue weighted by Gasteiger charge is 2.65. The number of rotatable bonds is 4. The fraction of sp³-hybridized carbons (Fsp3) is 0.185. The van der Waals surface area contributed by atoms with E-state index in [1.54, 1.807) is 66.9 Å². The van der Waals surface area contributed by atoms with Gasteiger partial charge in [0.1, 0.15) is 11.8 Å². The van der Waals surface area contributed by atoms with Crippen LogP contribution in [0.3, 0.4) is 0 Å². The van der Waals surface area contributed by atoms with Gasteiger partial charge in [-0.05, 0) is 47.5 Å². The molecule has 2 amide bonds. The molecule has 0 spiro atoms. The molecule has 2 fully saturated rings. The van der Waals surface area contributed by atoms with Gasteiger partial charge in [0.05, 0.1) is 36.9 Å². The summed E-state index contributed by atoms with van der Waals surface area (Å²) in [4.78, 5) is 42.6. The second-order valence-corrected chi connectivity index (χ2v) is 8.63. The molecule has 3 aromatic carbocycles. The molecule has 3 heterocycles. The summed E-state index contributed by atoms with van der Waals surface area (Å²) in [6, 6.07) is 22.0.